The number of hydrogen-bond donors (Lipinski definition) is 0. The van der Waals surface area contributed by atoms with Crippen LogP contribution in [-0.4, -0.2) is 57.5 Å². The maximum Gasteiger partial charge on any atom is 0.243 e. The lowest BCUT2D eigenvalue weighted by molar-refractivity contribution is 0.00763. The molecule has 3 aromatic carbocycles. The van der Waals surface area contributed by atoms with Gasteiger partial charge >= 0.3 is 0 Å². The van der Waals surface area contributed by atoms with E-state index in [1.807, 2.05) is 36.4 Å². The summed E-state index contributed by atoms with van der Waals surface area (Å²) >= 11 is 5.80. The number of halogens is 2. The third kappa shape index (κ3) is 6.66. The minimum absolute atomic E-state index is 0.0210. The molecule has 0 aliphatic carbocycles. The molecule has 37 heavy (non-hydrogen) atoms. The molecule has 10 heteroatoms. The van der Waals surface area contributed by atoms with E-state index >= 15 is 0 Å². The number of rotatable bonds is 9. The molecule has 1 atom stereocenters. The van der Waals surface area contributed by atoms with E-state index in [0.717, 1.165) is 29.0 Å². The van der Waals surface area contributed by atoms with Crippen LogP contribution in [0.3, 0.4) is 0 Å². The fourth-order valence-corrected chi connectivity index (χ4v) is 5.84. The molecule has 3 aromatic rings. The number of sulfonamides is 1. The van der Waals surface area contributed by atoms with Crippen LogP contribution in [-0.2, 0) is 21.4 Å². The van der Waals surface area contributed by atoms with Crippen LogP contribution in [0.2, 0.25) is 5.02 Å². The van der Waals surface area contributed by atoms with Gasteiger partial charge in [-0.05, 0) is 53.6 Å². The average Bonchev–Trinajstić information content (AvgIpc) is 2.93. The van der Waals surface area contributed by atoms with Crippen LogP contribution in [0, 0.1) is 17.1 Å². The van der Waals surface area contributed by atoms with Crippen molar-refractivity contribution < 1.29 is 22.3 Å². The highest BCUT2D eigenvalue weighted by molar-refractivity contribution is 7.89. The van der Waals surface area contributed by atoms with Gasteiger partial charge in [0.1, 0.15) is 11.6 Å². The van der Waals surface area contributed by atoms with E-state index in [4.69, 9.17) is 26.3 Å². The van der Waals surface area contributed by atoms with Crippen molar-refractivity contribution >= 4 is 21.6 Å². The van der Waals surface area contributed by atoms with Gasteiger partial charge in [0.2, 0.25) is 10.0 Å². The van der Waals surface area contributed by atoms with Crippen molar-refractivity contribution in [3.8, 4) is 11.8 Å². The van der Waals surface area contributed by atoms with Gasteiger partial charge in [0.25, 0.3) is 0 Å². The maximum absolute atomic E-state index is 13.5. The third-order valence-electron chi connectivity index (χ3n) is 6.28. The lowest BCUT2D eigenvalue weighted by atomic mass is 10.1. The number of methoxy groups -OCH3 is 1. The van der Waals surface area contributed by atoms with Gasteiger partial charge in [-0.2, -0.15) is 9.57 Å². The van der Waals surface area contributed by atoms with Crippen molar-refractivity contribution in [2.24, 2.45) is 0 Å². The topological polar surface area (TPSA) is 82.9 Å². The Kier molecular flexibility index (Phi) is 8.79. The van der Waals surface area contributed by atoms with E-state index < -0.39 is 15.8 Å². The zero-order chi connectivity index (χ0) is 26.4. The quantitative estimate of drug-likeness (QED) is 0.391. The fraction of sp³-hybridized carbons (Fsp3) is 0.296. The Labute approximate surface area is 221 Å². The summed E-state index contributed by atoms with van der Waals surface area (Å²) in [7, 11) is -2.17. The van der Waals surface area contributed by atoms with E-state index in [-0.39, 0.29) is 29.1 Å². The van der Waals surface area contributed by atoms with Gasteiger partial charge < -0.3 is 9.47 Å². The van der Waals surface area contributed by atoms with Crippen LogP contribution in [0.25, 0.3) is 0 Å². The molecule has 1 heterocycles. The first kappa shape index (κ1) is 27.0. The van der Waals surface area contributed by atoms with E-state index in [1.165, 1.54) is 10.4 Å². The molecule has 4 rings (SSSR count). The van der Waals surface area contributed by atoms with Crippen molar-refractivity contribution in [2.75, 3.05) is 39.8 Å². The number of piperazine rings is 1. The van der Waals surface area contributed by atoms with Gasteiger partial charge in [-0.25, -0.2) is 12.8 Å². The van der Waals surface area contributed by atoms with Crippen LogP contribution < -0.4 is 4.74 Å². The molecule has 0 aromatic heterocycles. The first-order valence-electron chi connectivity index (χ1n) is 11.7. The molecule has 0 N–H and O–H groups in total. The molecular formula is C27H27ClFN3O4S. The molecule has 0 saturated carbocycles. The zero-order valence-electron chi connectivity index (χ0n) is 20.3. The fourth-order valence-electron chi connectivity index (χ4n) is 4.14. The van der Waals surface area contributed by atoms with Gasteiger partial charge in [-0.1, -0.05) is 35.9 Å². The van der Waals surface area contributed by atoms with Crippen molar-refractivity contribution in [3.05, 3.63) is 94.3 Å². The Morgan fingerprint density at radius 3 is 2.43 bits per heavy atom. The monoisotopic (exact) mass is 543 g/mol. The Morgan fingerprint density at radius 2 is 1.78 bits per heavy atom. The first-order valence-corrected chi connectivity index (χ1v) is 13.5. The molecule has 1 saturated heterocycles. The highest BCUT2D eigenvalue weighted by Crippen LogP contribution is 2.27. The number of benzene rings is 3. The van der Waals surface area contributed by atoms with E-state index in [0.29, 0.717) is 31.8 Å². The minimum Gasteiger partial charge on any atom is -0.497 e. The molecule has 194 valence electrons. The first-order chi connectivity index (χ1) is 17.8. The van der Waals surface area contributed by atoms with Gasteiger partial charge in [-0.3, -0.25) is 4.90 Å². The lowest BCUT2D eigenvalue weighted by Crippen LogP contribution is -2.49. The third-order valence-corrected chi connectivity index (χ3v) is 8.47. The molecule has 0 amide bonds. The number of hydrogen-bond acceptors (Lipinski definition) is 6. The molecule has 0 bridgehead atoms. The van der Waals surface area contributed by atoms with Crippen molar-refractivity contribution in [3.63, 3.8) is 0 Å². The lowest BCUT2D eigenvalue weighted by Gasteiger charge is -2.36. The standard InChI is InChI=1S/C27H27ClFN3O4S/c1-35-23-4-2-3-22(15-23)27(36-19-21-7-5-20(17-30)6-8-21)18-31-11-13-32(14-12-31)37(33,34)24-9-10-26(29)25(28)16-24/h2-10,15-16,27H,11-14,18-19H2,1H3/t27-/m0/s1. The van der Waals surface area contributed by atoms with Crippen LogP contribution in [0.5, 0.6) is 5.75 Å². The number of nitriles is 1. The maximum atomic E-state index is 13.5. The second-order valence-electron chi connectivity index (χ2n) is 8.67. The Balaban J connectivity index is 1.44. The van der Waals surface area contributed by atoms with E-state index in [9.17, 15) is 12.8 Å². The van der Waals surface area contributed by atoms with Crippen molar-refractivity contribution in [1.82, 2.24) is 9.21 Å². The predicted molar refractivity (Wildman–Crippen MR) is 138 cm³/mol. The molecule has 1 fully saturated rings. The average molecular weight is 544 g/mol. The normalized spacial score (nSPS) is 15.7. The van der Waals surface area contributed by atoms with Crippen LogP contribution in [0.15, 0.2) is 71.6 Å². The van der Waals surface area contributed by atoms with Crippen LogP contribution in [0.4, 0.5) is 4.39 Å². The molecule has 7 nitrogen and oxygen atoms in total. The SMILES string of the molecule is COc1cccc([C@H](CN2CCN(S(=O)(=O)c3ccc(F)c(Cl)c3)CC2)OCc2ccc(C#N)cc2)c1. The highest BCUT2D eigenvalue weighted by Gasteiger charge is 2.30. The summed E-state index contributed by atoms with van der Waals surface area (Å²) in [5.41, 5.74) is 2.48. The summed E-state index contributed by atoms with van der Waals surface area (Å²) in [5, 5.41) is 8.80. The highest BCUT2D eigenvalue weighted by atomic mass is 35.5. The summed E-state index contributed by atoms with van der Waals surface area (Å²) in [6, 6.07) is 20.5. The molecule has 1 aliphatic rings. The Bertz CT molecular complexity index is 1370. The minimum atomic E-state index is -3.78. The van der Waals surface area contributed by atoms with Gasteiger partial charge in [0, 0.05) is 32.7 Å². The van der Waals surface area contributed by atoms with Crippen molar-refractivity contribution in [1.29, 1.82) is 5.26 Å². The van der Waals surface area contributed by atoms with Gasteiger partial charge in [-0.15, -0.1) is 0 Å². The summed E-state index contributed by atoms with van der Waals surface area (Å²) in [4.78, 5) is 2.14. The summed E-state index contributed by atoms with van der Waals surface area (Å²) in [5.74, 6) is 0.0633. The predicted octanol–water partition coefficient (Wildman–Crippen LogP) is 4.62. The van der Waals surface area contributed by atoms with Crippen LogP contribution >= 0.6 is 11.6 Å². The van der Waals surface area contributed by atoms with Gasteiger partial charge in [0.15, 0.2) is 0 Å². The Morgan fingerprint density at radius 1 is 1.05 bits per heavy atom. The molecule has 1 aliphatic heterocycles. The largest absolute Gasteiger partial charge is 0.497 e. The second-order valence-corrected chi connectivity index (χ2v) is 11.0. The number of nitrogens with zero attached hydrogens (tertiary/aromatic N) is 3. The van der Waals surface area contributed by atoms with E-state index in [2.05, 4.69) is 11.0 Å². The molecule has 0 radical (unpaired) electrons. The van der Waals surface area contributed by atoms with Crippen molar-refractivity contribution in [2.45, 2.75) is 17.6 Å². The summed E-state index contributed by atoms with van der Waals surface area (Å²) < 4.78 is 52.7. The molecular weight excluding hydrogens is 517 g/mol. The molecule has 0 unspecified atom stereocenters. The number of ether oxygens (including phenoxy) is 2. The Hall–Kier alpha value is -3.00. The zero-order valence-corrected chi connectivity index (χ0v) is 21.9. The van der Waals surface area contributed by atoms with Crippen LogP contribution in [0.1, 0.15) is 22.8 Å². The summed E-state index contributed by atoms with van der Waals surface area (Å²) in [6.45, 7) is 2.51. The van der Waals surface area contributed by atoms with Gasteiger partial charge in [0.05, 0.1) is 41.4 Å². The summed E-state index contributed by atoms with van der Waals surface area (Å²) in [6.07, 6.45) is -0.287. The van der Waals surface area contributed by atoms with E-state index in [1.54, 1.807) is 19.2 Å². The smallest absolute Gasteiger partial charge is 0.243 e. The second kappa shape index (κ2) is 12.0. The molecule has 0 spiro atoms.